The topological polar surface area (TPSA) is 158 Å². The van der Waals surface area contributed by atoms with Crippen LogP contribution in [0.3, 0.4) is 0 Å². The first kappa shape index (κ1) is 49.2. The van der Waals surface area contributed by atoms with Gasteiger partial charge < -0.3 is 20.1 Å². The predicted octanol–water partition coefficient (Wildman–Crippen LogP) is 5.78. The summed E-state index contributed by atoms with van der Waals surface area (Å²) in [4.78, 5) is 84.7. The Morgan fingerprint density at radius 2 is 1.17 bits per heavy atom. The number of ether oxygens (including phenoxy) is 2. The summed E-state index contributed by atoms with van der Waals surface area (Å²) in [5, 5.41) is 12.9. The molecule has 3 aliphatic rings. The first-order valence-electron chi connectivity index (χ1n) is 23.1. The molecule has 0 spiro atoms. The summed E-state index contributed by atoms with van der Waals surface area (Å²) in [5.41, 5.74) is 0.433. The van der Waals surface area contributed by atoms with Crippen molar-refractivity contribution in [1.82, 2.24) is 30.7 Å². The van der Waals surface area contributed by atoms with Crippen molar-refractivity contribution < 1.29 is 38.2 Å². The van der Waals surface area contributed by atoms with Crippen molar-refractivity contribution in [3.8, 4) is 0 Å². The quantitative estimate of drug-likeness (QED) is 0.198. The van der Waals surface area contributed by atoms with E-state index in [4.69, 9.17) is 9.47 Å². The van der Waals surface area contributed by atoms with Crippen LogP contribution in [0.15, 0.2) is 60.7 Å². The lowest BCUT2D eigenvalue weighted by Gasteiger charge is -2.43. The Kier molecular flexibility index (Phi) is 17.3. The number of nitrogens with one attached hydrogen (secondary N) is 2. The highest BCUT2D eigenvalue weighted by molar-refractivity contribution is 5.92. The molecule has 0 aliphatic carbocycles. The number of esters is 2. The Bertz CT molecular complexity index is 1860. The van der Waals surface area contributed by atoms with E-state index in [1.165, 1.54) is 10.0 Å². The number of rotatable bonds is 16. The molecule has 3 fully saturated rings. The number of carbonyl (C=O) groups excluding carboxylic acids is 6. The summed E-state index contributed by atoms with van der Waals surface area (Å²) < 4.78 is 11.5. The second-order valence-electron chi connectivity index (χ2n) is 19.5. The van der Waals surface area contributed by atoms with Gasteiger partial charge in [0.15, 0.2) is 0 Å². The van der Waals surface area contributed by atoms with Gasteiger partial charge in [0.05, 0.1) is 0 Å². The van der Waals surface area contributed by atoms with Crippen LogP contribution in [0.25, 0.3) is 0 Å². The van der Waals surface area contributed by atoms with Crippen molar-refractivity contribution in [3.05, 3.63) is 71.8 Å². The maximum Gasteiger partial charge on any atom is 0.331 e. The average molecular weight is 873 g/mol. The van der Waals surface area contributed by atoms with Crippen LogP contribution in [-0.2, 0) is 51.1 Å². The molecule has 3 heterocycles. The van der Waals surface area contributed by atoms with Crippen LogP contribution in [0, 0.1) is 11.8 Å². The van der Waals surface area contributed by atoms with E-state index in [1.54, 1.807) is 53.6 Å². The van der Waals surface area contributed by atoms with Crippen molar-refractivity contribution in [3.63, 3.8) is 0 Å². The van der Waals surface area contributed by atoms with Crippen molar-refractivity contribution in [1.29, 1.82) is 0 Å². The number of fused-ring (bicyclic) bond motifs is 1. The minimum Gasteiger partial charge on any atom is -0.458 e. The molecule has 0 radical (unpaired) electrons. The van der Waals surface area contributed by atoms with Crippen LogP contribution in [0.5, 0.6) is 0 Å². The fraction of sp³-hybridized carbons (Fsp3) is 0.633. The van der Waals surface area contributed by atoms with Crippen molar-refractivity contribution in [2.24, 2.45) is 11.8 Å². The highest BCUT2D eigenvalue weighted by Crippen LogP contribution is 2.28. The van der Waals surface area contributed by atoms with Gasteiger partial charge in [-0.15, -0.1) is 0 Å². The molecule has 0 aromatic heterocycles. The normalized spacial score (nSPS) is 21.6. The first-order chi connectivity index (χ1) is 29.8. The van der Waals surface area contributed by atoms with Crippen molar-refractivity contribution in [2.45, 2.75) is 161 Å². The number of amides is 4. The van der Waals surface area contributed by atoms with Gasteiger partial charge in [-0.25, -0.2) is 19.6 Å². The third-order valence-corrected chi connectivity index (χ3v) is 11.9. The molecule has 5 rings (SSSR count). The summed E-state index contributed by atoms with van der Waals surface area (Å²) in [6.45, 7) is 14.6. The third kappa shape index (κ3) is 14.1. The van der Waals surface area contributed by atoms with Gasteiger partial charge in [-0.1, -0.05) is 74.0 Å². The lowest BCUT2D eigenvalue weighted by molar-refractivity contribution is -0.184. The number of hydrazine groups is 2. The molecule has 0 unspecified atom stereocenters. The third-order valence-electron chi connectivity index (χ3n) is 11.9. The minimum absolute atomic E-state index is 0.296. The maximum atomic E-state index is 14.6. The molecule has 3 aliphatic heterocycles. The Hall–Kier alpha value is -4.82. The number of hydrogen-bond donors (Lipinski definition) is 2. The lowest BCUT2D eigenvalue weighted by atomic mass is 9.86. The fourth-order valence-corrected chi connectivity index (χ4v) is 8.92. The monoisotopic (exact) mass is 873 g/mol. The molecule has 346 valence electrons. The number of benzene rings is 2. The average Bonchev–Trinajstić information content (AvgIpc) is 3.38. The van der Waals surface area contributed by atoms with Crippen LogP contribution >= 0.6 is 0 Å². The molecule has 63 heavy (non-hydrogen) atoms. The molecule has 2 N–H and O–H groups in total. The van der Waals surface area contributed by atoms with Crippen LogP contribution in [0.2, 0.25) is 0 Å². The highest BCUT2D eigenvalue weighted by Gasteiger charge is 2.45. The molecule has 4 amide bonds. The molecular weight excluding hydrogens is 801 g/mol. The second-order valence-corrected chi connectivity index (χ2v) is 19.5. The van der Waals surface area contributed by atoms with Crippen molar-refractivity contribution in [2.75, 3.05) is 26.7 Å². The predicted molar refractivity (Wildman–Crippen MR) is 240 cm³/mol. The lowest BCUT2D eigenvalue weighted by Crippen LogP contribution is -2.62. The molecule has 14 nitrogen and oxygen atoms in total. The van der Waals surface area contributed by atoms with Gasteiger partial charge in [-0.05, 0) is 123 Å². The number of nitrogens with zero attached hydrogens (tertiary/aromatic N) is 4. The molecule has 2 aromatic carbocycles. The fourth-order valence-electron chi connectivity index (χ4n) is 8.92. The Labute approximate surface area is 374 Å². The van der Waals surface area contributed by atoms with Crippen LogP contribution in [-0.4, -0.2) is 118 Å². The van der Waals surface area contributed by atoms with E-state index in [0.29, 0.717) is 90.3 Å². The molecule has 14 heteroatoms. The molecule has 6 atom stereocenters. The van der Waals surface area contributed by atoms with Gasteiger partial charge >= 0.3 is 11.9 Å². The van der Waals surface area contributed by atoms with Crippen LogP contribution in [0.4, 0.5) is 0 Å². The zero-order valence-corrected chi connectivity index (χ0v) is 38.9. The molecule has 0 saturated carbocycles. The van der Waals surface area contributed by atoms with E-state index in [2.05, 4.69) is 10.6 Å². The van der Waals surface area contributed by atoms with E-state index in [-0.39, 0.29) is 23.6 Å². The SMILES string of the molecule is CCC[C@H](NC(=O)[C@H](CC[C@H](Cc1ccccc1)C(=O)N[C@H]1CCCN2CCC[C@@H](C(=O)OC(C)(C)C)N2C1=O)Cc1ccccc1)C(=O)N1[C@H](C(=O)OC(C)(C)C)CCCN1C. The Morgan fingerprint density at radius 3 is 1.71 bits per heavy atom. The summed E-state index contributed by atoms with van der Waals surface area (Å²) in [6.07, 6.45) is 5.84. The van der Waals surface area contributed by atoms with E-state index in [0.717, 1.165) is 17.5 Å². The van der Waals surface area contributed by atoms with Gasteiger partial charge in [-0.3, -0.25) is 29.2 Å². The summed E-state index contributed by atoms with van der Waals surface area (Å²) in [5.74, 6) is -3.43. The first-order valence-corrected chi connectivity index (χ1v) is 23.1. The van der Waals surface area contributed by atoms with Gasteiger partial charge in [0, 0.05) is 38.5 Å². The number of hydrogen-bond acceptors (Lipinski definition) is 10. The summed E-state index contributed by atoms with van der Waals surface area (Å²) in [7, 11) is 1.78. The Morgan fingerprint density at radius 1 is 0.683 bits per heavy atom. The van der Waals surface area contributed by atoms with Gasteiger partial charge in [0.25, 0.3) is 11.8 Å². The smallest absolute Gasteiger partial charge is 0.331 e. The van der Waals surface area contributed by atoms with Gasteiger partial charge in [-0.2, -0.15) is 0 Å². The molecule has 2 aromatic rings. The van der Waals surface area contributed by atoms with E-state index >= 15 is 0 Å². The molecular formula is C49H72N6O8. The highest BCUT2D eigenvalue weighted by atomic mass is 16.6. The van der Waals surface area contributed by atoms with E-state index in [1.807, 2.05) is 72.6 Å². The van der Waals surface area contributed by atoms with Gasteiger partial charge in [0.2, 0.25) is 11.8 Å². The largest absolute Gasteiger partial charge is 0.458 e. The van der Waals surface area contributed by atoms with Gasteiger partial charge in [0.1, 0.15) is 35.4 Å². The molecule has 0 bridgehead atoms. The standard InChI is InChI=1S/C49H72N6O8/c1-9-19-38(44(58)54-40(25-17-29-52(54)8)46(60)62-48(2,3)4)50-42(56)36(32-34-20-12-10-13-21-34)27-28-37(33-35-22-14-11-15-23-35)43(57)51-39-24-16-30-53-31-18-26-41(55(53)45(39)59)47(61)63-49(5,6)7/h10-15,20-23,36-41H,9,16-19,24-33H2,1-8H3,(H,50,56)(H,51,57)/t36-,37-,38+,39+,40+,41+/m1/s1. The summed E-state index contributed by atoms with van der Waals surface area (Å²) in [6, 6.07) is 16.0. The minimum atomic E-state index is -0.894. The van der Waals surface area contributed by atoms with E-state index in [9.17, 15) is 28.8 Å². The number of carbonyl (C=O) groups is 6. The zero-order chi connectivity index (χ0) is 45.9. The second kappa shape index (κ2) is 22.2. The van der Waals surface area contributed by atoms with E-state index < -0.39 is 59.1 Å². The zero-order valence-electron chi connectivity index (χ0n) is 38.9. The summed E-state index contributed by atoms with van der Waals surface area (Å²) >= 11 is 0. The Balaban J connectivity index is 1.37. The van der Waals surface area contributed by atoms with Crippen LogP contribution in [0.1, 0.15) is 124 Å². The van der Waals surface area contributed by atoms with Crippen molar-refractivity contribution >= 4 is 35.6 Å². The van der Waals surface area contributed by atoms with Crippen LogP contribution < -0.4 is 10.6 Å². The maximum absolute atomic E-state index is 14.6. The molecule has 3 saturated heterocycles.